The zero-order valence-corrected chi connectivity index (χ0v) is 12.8. The Labute approximate surface area is 123 Å². The Bertz CT molecular complexity index is 443. The molecule has 0 aromatic heterocycles. The van der Waals surface area contributed by atoms with Gasteiger partial charge in [-0.25, -0.2) is 4.79 Å². The van der Waals surface area contributed by atoms with Crippen molar-refractivity contribution in [1.82, 2.24) is 10.6 Å². The first-order valence-corrected chi connectivity index (χ1v) is 6.45. The number of nitrogens with two attached hydrogens (primary N) is 1. The second kappa shape index (κ2) is 7.05. The van der Waals surface area contributed by atoms with Crippen molar-refractivity contribution in [2.75, 3.05) is 6.54 Å². The molecule has 4 amide bonds. The summed E-state index contributed by atoms with van der Waals surface area (Å²) < 4.78 is 0. The van der Waals surface area contributed by atoms with Gasteiger partial charge in [0.2, 0.25) is 11.8 Å². The Balaban J connectivity index is 4.31. The lowest BCUT2D eigenvalue weighted by Gasteiger charge is -2.22. The first-order valence-electron chi connectivity index (χ1n) is 6.45. The van der Waals surface area contributed by atoms with E-state index in [9.17, 15) is 19.2 Å². The average molecular weight is 301 g/mol. The monoisotopic (exact) mass is 301 g/mol. The Morgan fingerprint density at radius 1 is 1.05 bits per heavy atom. The highest BCUT2D eigenvalue weighted by Gasteiger charge is 2.28. The summed E-state index contributed by atoms with van der Waals surface area (Å²) in [5.41, 5.74) is 3.47. The van der Waals surface area contributed by atoms with E-state index in [-0.39, 0.29) is 19.4 Å². The molecule has 0 heterocycles. The van der Waals surface area contributed by atoms with Gasteiger partial charge in [0.05, 0.1) is 11.8 Å². The summed E-state index contributed by atoms with van der Waals surface area (Å²) in [5, 5.41) is 13.2. The molecule has 0 aliphatic carbocycles. The Morgan fingerprint density at radius 3 is 2.00 bits per heavy atom. The molecule has 8 nitrogen and oxygen atoms in total. The molecule has 0 aliphatic rings. The number of hydrogen-bond acceptors (Lipinski definition) is 4. The maximum absolute atomic E-state index is 11.7. The van der Waals surface area contributed by atoms with Crippen LogP contribution in [0.2, 0.25) is 0 Å². The first-order chi connectivity index (χ1) is 9.35. The van der Waals surface area contributed by atoms with Gasteiger partial charge in [-0.2, -0.15) is 0 Å². The molecular formula is C13H23N3O5. The predicted octanol–water partition coefficient (Wildman–Crippen LogP) is 0.215. The molecule has 0 bridgehead atoms. The molecule has 5 N–H and O–H groups in total. The SMILES string of the molecule is CC(C)(CC(=O)O)CC(=O)NC(=O)NCC(C)(C)C(N)=O. The van der Waals surface area contributed by atoms with E-state index >= 15 is 0 Å². The topological polar surface area (TPSA) is 139 Å². The third-order valence-electron chi connectivity index (χ3n) is 2.88. The van der Waals surface area contributed by atoms with Crippen LogP contribution < -0.4 is 16.4 Å². The maximum Gasteiger partial charge on any atom is 0.321 e. The Kier molecular flexibility index (Phi) is 6.34. The molecule has 0 saturated carbocycles. The Hall–Kier alpha value is -2.12. The molecule has 0 atom stereocenters. The van der Waals surface area contributed by atoms with E-state index in [1.54, 1.807) is 27.7 Å². The minimum atomic E-state index is -1.01. The largest absolute Gasteiger partial charge is 0.481 e. The fraction of sp³-hybridized carbons (Fsp3) is 0.692. The van der Waals surface area contributed by atoms with Crippen LogP contribution in [0.5, 0.6) is 0 Å². The average Bonchev–Trinajstić information content (AvgIpc) is 2.23. The van der Waals surface area contributed by atoms with E-state index in [0.29, 0.717) is 0 Å². The van der Waals surface area contributed by atoms with E-state index in [2.05, 4.69) is 10.6 Å². The van der Waals surface area contributed by atoms with E-state index in [1.807, 2.05) is 0 Å². The number of imide groups is 1. The molecule has 0 fully saturated rings. The van der Waals surface area contributed by atoms with Gasteiger partial charge in [0.1, 0.15) is 0 Å². The van der Waals surface area contributed by atoms with Crippen molar-refractivity contribution in [3.05, 3.63) is 0 Å². The predicted molar refractivity (Wildman–Crippen MR) is 75.2 cm³/mol. The number of nitrogens with one attached hydrogen (secondary N) is 2. The second-order valence-corrected chi connectivity index (χ2v) is 6.39. The third-order valence-corrected chi connectivity index (χ3v) is 2.88. The number of carbonyl (C=O) groups excluding carboxylic acids is 3. The van der Waals surface area contributed by atoms with E-state index in [1.165, 1.54) is 0 Å². The van der Waals surface area contributed by atoms with Crippen LogP contribution >= 0.6 is 0 Å². The minimum absolute atomic E-state index is 0.0139. The molecule has 0 spiro atoms. The zero-order valence-electron chi connectivity index (χ0n) is 12.8. The van der Waals surface area contributed by atoms with Gasteiger partial charge in [0.25, 0.3) is 0 Å². The van der Waals surface area contributed by atoms with Crippen molar-refractivity contribution in [2.24, 2.45) is 16.6 Å². The van der Waals surface area contributed by atoms with Crippen LogP contribution in [0.1, 0.15) is 40.5 Å². The van der Waals surface area contributed by atoms with Crippen molar-refractivity contribution in [2.45, 2.75) is 40.5 Å². The zero-order chi connectivity index (χ0) is 16.8. The maximum atomic E-state index is 11.7. The van der Waals surface area contributed by atoms with Crippen LogP contribution in [0.15, 0.2) is 0 Å². The molecule has 21 heavy (non-hydrogen) atoms. The minimum Gasteiger partial charge on any atom is -0.481 e. The van der Waals surface area contributed by atoms with Crippen LogP contribution in [0.25, 0.3) is 0 Å². The van der Waals surface area contributed by atoms with E-state index in [0.717, 1.165) is 0 Å². The van der Waals surface area contributed by atoms with E-state index in [4.69, 9.17) is 10.8 Å². The molecule has 0 rings (SSSR count). The summed E-state index contributed by atoms with van der Waals surface area (Å²) >= 11 is 0. The summed E-state index contributed by atoms with van der Waals surface area (Å²) in [4.78, 5) is 44.9. The van der Waals surface area contributed by atoms with Crippen LogP contribution in [0.4, 0.5) is 4.79 Å². The molecule has 120 valence electrons. The number of primary amides is 1. The molecule has 0 saturated heterocycles. The fourth-order valence-electron chi connectivity index (χ4n) is 1.51. The number of carboxylic acids is 1. The summed E-state index contributed by atoms with van der Waals surface area (Å²) in [6.07, 6.45) is -0.289. The lowest BCUT2D eigenvalue weighted by molar-refractivity contribution is -0.139. The number of amides is 4. The lowest BCUT2D eigenvalue weighted by atomic mass is 9.85. The normalized spacial score (nSPS) is 11.6. The van der Waals surface area contributed by atoms with Gasteiger partial charge >= 0.3 is 12.0 Å². The van der Waals surface area contributed by atoms with Gasteiger partial charge in [-0.3, -0.25) is 19.7 Å². The highest BCUT2D eigenvalue weighted by molar-refractivity contribution is 5.95. The van der Waals surface area contributed by atoms with Gasteiger partial charge < -0.3 is 16.2 Å². The molecule has 0 aromatic carbocycles. The lowest BCUT2D eigenvalue weighted by Crippen LogP contribution is -2.47. The number of urea groups is 1. The summed E-state index contributed by atoms with van der Waals surface area (Å²) in [7, 11) is 0. The van der Waals surface area contributed by atoms with Gasteiger partial charge in [-0.15, -0.1) is 0 Å². The van der Waals surface area contributed by atoms with E-state index < -0.39 is 34.6 Å². The van der Waals surface area contributed by atoms with Crippen LogP contribution in [-0.2, 0) is 14.4 Å². The molecule has 0 radical (unpaired) electrons. The molecule has 0 aliphatic heterocycles. The number of rotatable bonds is 7. The number of aliphatic carboxylic acids is 1. The quantitative estimate of drug-likeness (QED) is 0.532. The van der Waals surface area contributed by atoms with Crippen molar-refractivity contribution in [3.8, 4) is 0 Å². The molecule has 8 heteroatoms. The third kappa shape index (κ3) is 7.91. The first kappa shape index (κ1) is 18.9. The molecule has 0 aromatic rings. The second-order valence-electron chi connectivity index (χ2n) is 6.39. The van der Waals surface area contributed by atoms with Gasteiger partial charge in [0.15, 0.2) is 0 Å². The number of hydrogen-bond donors (Lipinski definition) is 4. The highest BCUT2D eigenvalue weighted by Crippen LogP contribution is 2.24. The number of carbonyl (C=O) groups is 4. The highest BCUT2D eigenvalue weighted by atomic mass is 16.4. The Morgan fingerprint density at radius 2 is 1.57 bits per heavy atom. The standard InChI is InChI=1S/C13H23N3O5/c1-12(2,6-9(18)19)5-8(17)16-11(21)15-7-13(3,4)10(14)20/h5-7H2,1-4H3,(H2,14,20)(H,18,19)(H2,15,16,17,21). The van der Waals surface area contributed by atoms with Crippen molar-refractivity contribution < 1.29 is 24.3 Å². The summed E-state index contributed by atoms with van der Waals surface area (Å²) in [6.45, 7) is 6.35. The van der Waals surface area contributed by atoms with Crippen molar-refractivity contribution in [3.63, 3.8) is 0 Å². The van der Waals surface area contributed by atoms with Gasteiger partial charge in [-0.1, -0.05) is 13.8 Å². The molecule has 0 unspecified atom stereocenters. The van der Waals surface area contributed by atoms with Crippen molar-refractivity contribution >= 4 is 23.8 Å². The van der Waals surface area contributed by atoms with Crippen LogP contribution in [-0.4, -0.2) is 35.5 Å². The van der Waals surface area contributed by atoms with Gasteiger partial charge in [0, 0.05) is 13.0 Å². The smallest absolute Gasteiger partial charge is 0.321 e. The number of carboxylic acid groups (broad SMARTS) is 1. The summed E-state index contributed by atoms with van der Waals surface area (Å²) in [5.74, 6) is -2.17. The summed E-state index contributed by atoms with van der Waals surface area (Å²) in [6, 6.07) is -0.750. The van der Waals surface area contributed by atoms with Crippen LogP contribution in [0, 0.1) is 10.8 Å². The van der Waals surface area contributed by atoms with Gasteiger partial charge in [-0.05, 0) is 19.3 Å². The van der Waals surface area contributed by atoms with Crippen LogP contribution in [0.3, 0.4) is 0 Å². The van der Waals surface area contributed by atoms with Crippen molar-refractivity contribution in [1.29, 1.82) is 0 Å². The molecular weight excluding hydrogens is 278 g/mol. The fourth-order valence-corrected chi connectivity index (χ4v) is 1.51.